The molecule has 0 aromatic rings. The summed E-state index contributed by atoms with van der Waals surface area (Å²) >= 11 is 0. The average molecular weight is 154 g/mol. The van der Waals surface area contributed by atoms with Gasteiger partial charge in [0, 0.05) is 0 Å². The normalized spacial score (nSPS) is 11.7. The van der Waals surface area contributed by atoms with Crippen molar-refractivity contribution in [2.24, 2.45) is 0 Å². The monoisotopic (exact) mass is 154 g/mol. The maximum atomic E-state index is 10.3. The summed E-state index contributed by atoms with van der Waals surface area (Å²) < 4.78 is 0. The molecule has 0 aromatic heterocycles. The van der Waals surface area contributed by atoms with Crippen molar-refractivity contribution < 1.29 is 15.0 Å². The van der Waals surface area contributed by atoms with E-state index in [1.165, 1.54) is 0 Å². The van der Waals surface area contributed by atoms with Crippen LogP contribution >= 0.6 is 0 Å². The molecular weight excluding hydrogens is 144 g/mol. The molecule has 3 nitrogen and oxygen atoms in total. The molecule has 0 aromatic carbocycles. The summed E-state index contributed by atoms with van der Waals surface area (Å²) in [5, 5.41) is 17.5. The number of carbonyl (C=O) groups is 1. The van der Waals surface area contributed by atoms with Crippen molar-refractivity contribution in [3.63, 3.8) is 0 Å². The van der Waals surface area contributed by atoms with Gasteiger partial charge in [-0.05, 0) is 11.6 Å². The summed E-state index contributed by atoms with van der Waals surface area (Å²) in [6.45, 7) is 6.27. The smallest absolute Gasteiger partial charge is 0.154 e. The number of hydrogen-bond donors (Lipinski definition) is 2. The molecule has 2 N–H and O–H groups in total. The summed E-state index contributed by atoms with van der Waals surface area (Å²) in [7, 11) is 0. The molecule has 0 aliphatic heterocycles. The van der Waals surface area contributed by atoms with Crippen LogP contribution in [-0.2, 0) is 4.79 Å². The van der Waals surface area contributed by atoms with Crippen LogP contribution in [0.4, 0.5) is 0 Å². The lowest BCUT2D eigenvalue weighted by molar-refractivity contribution is -0.104. The summed E-state index contributed by atoms with van der Waals surface area (Å²) in [5.41, 5.74) is 0.167. The fourth-order valence-corrected chi connectivity index (χ4v) is 0.520. The Morgan fingerprint density at radius 1 is 1.55 bits per heavy atom. The van der Waals surface area contributed by atoms with Gasteiger partial charge in [0.2, 0.25) is 0 Å². The van der Waals surface area contributed by atoms with Gasteiger partial charge in [-0.15, -0.1) is 0 Å². The van der Waals surface area contributed by atoms with Crippen LogP contribution in [0.15, 0.2) is 36.1 Å². The first-order valence-electron chi connectivity index (χ1n) is 2.97. The minimum atomic E-state index is -0.355. The zero-order chi connectivity index (χ0) is 8.85. The van der Waals surface area contributed by atoms with Crippen molar-refractivity contribution in [2.75, 3.05) is 6.61 Å². The van der Waals surface area contributed by atoms with E-state index in [4.69, 9.17) is 10.2 Å². The molecule has 0 rings (SSSR count). The Morgan fingerprint density at radius 3 is 2.36 bits per heavy atom. The Morgan fingerprint density at radius 2 is 2.09 bits per heavy atom. The Bertz CT molecular complexity index is 213. The molecular formula is C8H10O3. The van der Waals surface area contributed by atoms with Crippen LogP contribution in [0.2, 0.25) is 0 Å². The van der Waals surface area contributed by atoms with Gasteiger partial charge in [0.15, 0.2) is 6.29 Å². The number of aliphatic hydroxyl groups is 2. The maximum Gasteiger partial charge on any atom is 0.154 e. The lowest BCUT2D eigenvalue weighted by Crippen LogP contribution is -1.98. The maximum absolute atomic E-state index is 10.3. The highest BCUT2D eigenvalue weighted by atomic mass is 16.3. The number of allylic oxidation sites excluding steroid dienone is 1. The molecule has 0 aliphatic rings. The van der Waals surface area contributed by atoms with Crippen LogP contribution in [0.1, 0.15) is 0 Å². The van der Waals surface area contributed by atoms with Gasteiger partial charge in [-0.25, -0.2) is 0 Å². The van der Waals surface area contributed by atoms with Gasteiger partial charge in [-0.3, -0.25) is 4.79 Å². The van der Waals surface area contributed by atoms with Gasteiger partial charge >= 0.3 is 0 Å². The fourth-order valence-electron chi connectivity index (χ4n) is 0.520. The molecule has 0 saturated heterocycles. The minimum absolute atomic E-state index is 0.0116. The molecule has 0 unspecified atom stereocenters. The van der Waals surface area contributed by atoms with E-state index < -0.39 is 0 Å². The second-order valence-corrected chi connectivity index (χ2v) is 1.88. The largest absolute Gasteiger partial charge is 0.507 e. The lowest BCUT2D eigenvalue weighted by Gasteiger charge is -2.00. The van der Waals surface area contributed by atoms with Crippen molar-refractivity contribution in [2.45, 2.75) is 0 Å². The van der Waals surface area contributed by atoms with Crippen molar-refractivity contribution >= 4 is 6.29 Å². The standard InChI is InChI=1S/C8H10O3/c1-3-8(11)7(5-10)6(2)4-9/h3,5,9,11H,1-2,4H2/b8-7+. The van der Waals surface area contributed by atoms with Gasteiger partial charge in [0.05, 0.1) is 12.2 Å². The zero-order valence-corrected chi connectivity index (χ0v) is 6.08. The quantitative estimate of drug-likeness (QED) is 0.271. The van der Waals surface area contributed by atoms with Gasteiger partial charge in [0.25, 0.3) is 0 Å². The average Bonchev–Trinajstić information content (AvgIpc) is 2.05. The Hall–Kier alpha value is -1.35. The van der Waals surface area contributed by atoms with Crippen molar-refractivity contribution in [1.29, 1.82) is 0 Å². The van der Waals surface area contributed by atoms with E-state index >= 15 is 0 Å². The van der Waals surface area contributed by atoms with Crippen LogP contribution in [0, 0.1) is 0 Å². The number of rotatable bonds is 4. The highest BCUT2D eigenvalue weighted by molar-refractivity contribution is 5.81. The molecule has 0 fully saturated rings. The summed E-state index contributed by atoms with van der Waals surface area (Å²) in [4.78, 5) is 10.3. The molecule has 0 spiro atoms. The molecule has 11 heavy (non-hydrogen) atoms. The van der Waals surface area contributed by atoms with Gasteiger partial charge in [-0.1, -0.05) is 13.2 Å². The zero-order valence-electron chi connectivity index (χ0n) is 6.08. The van der Waals surface area contributed by atoms with Crippen LogP contribution in [-0.4, -0.2) is 23.1 Å². The molecule has 0 aliphatic carbocycles. The van der Waals surface area contributed by atoms with E-state index in [1.54, 1.807) is 0 Å². The third-order valence-corrected chi connectivity index (χ3v) is 1.16. The summed E-state index contributed by atoms with van der Waals surface area (Å²) in [6, 6.07) is 0. The van der Waals surface area contributed by atoms with Crippen LogP contribution in [0.25, 0.3) is 0 Å². The molecule has 0 atom stereocenters. The third-order valence-electron chi connectivity index (χ3n) is 1.16. The molecule has 0 amide bonds. The predicted octanol–water partition coefficient (Wildman–Crippen LogP) is 0.732. The van der Waals surface area contributed by atoms with E-state index in [0.29, 0.717) is 6.29 Å². The highest BCUT2D eigenvalue weighted by Gasteiger charge is 2.04. The molecule has 0 saturated carbocycles. The number of carbonyl (C=O) groups excluding carboxylic acids is 1. The molecule has 0 heterocycles. The van der Waals surface area contributed by atoms with Gasteiger partial charge in [-0.2, -0.15) is 0 Å². The first-order chi connectivity index (χ1) is 5.17. The highest BCUT2D eigenvalue weighted by Crippen LogP contribution is 2.08. The minimum Gasteiger partial charge on any atom is -0.507 e. The predicted molar refractivity (Wildman–Crippen MR) is 42.1 cm³/mol. The first-order valence-corrected chi connectivity index (χ1v) is 2.97. The molecule has 0 bridgehead atoms. The first kappa shape index (κ1) is 9.65. The van der Waals surface area contributed by atoms with E-state index in [0.717, 1.165) is 6.08 Å². The van der Waals surface area contributed by atoms with Crippen LogP contribution < -0.4 is 0 Å². The Labute approximate surface area is 65.0 Å². The van der Waals surface area contributed by atoms with E-state index in [-0.39, 0.29) is 23.5 Å². The number of hydrogen-bond acceptors (Lipinski definition) is 3. The second-order valence-electron chi connectivity index (χ2n) is 1.88. The van der Waals surface area contributed by atoms with Gasteiger partial charge < -0.3 is 10.2 Å². The third kappa shape index (κ3) is 2.39. The van der Waals surface area contributed by atoms with E-state index in [1.807, 2.05) is 0 Å². The Balaban J connectivity index is 4.78. The van der Waals surface area contributed by atoms with Crippen LogP contribution in [0.5, 0.6) is 0 Å². The fraction of sp³-hybridized carbons (Fsp3) is 0.125. The number of aldehydes is 1. The second kappa shape index (κ2) is 4.46. The molecule has 60 valence electrons. The van der Waals surface area contributed by atoms with Gasteiger partial charge in [0.1, 0.15) is 5.76 Å². The molecule has 0 radical (unpaired) electrons. The number of aliphatic hydroxyl groups excluding tert-OH is 2. The van der Waals surface area contributed by atoms with Crippen molar-refractivity contribution in [3.8, 4) is 0 Å². The van der Waals surface area contributed by atoms with E-state index in [2.05, 4.69) is 13.2 Å². The Kier molecular flexibility index (Phi) is 3.92. The van der Waals surface area contributed by atoms with Crippen LogP contribution in [0.3, 0.4) is 0 Å². The summed E-state index contributed by atoms with van der Waals surface area (Å²) in [5.74, 6) is -0.265. The van der Waals surface area contributed by atoms with Crippen molar-refractivity contribution in [3.05, 3.63) is 36.1 Å². The summed E-state index contributed by atoms with van der Waals surface area (Å²) in [6.07, 6.45) is 1.54. The SMILES string of the molecule is C=C/C(O)=C(/C=O)C(=C)CO. The van der Waals surface area contributed by atoms with Crippen molar-refractivity contribution in [1.82, 2.24) is 0 Å². The lowest BCUT2D eigenvalue weighted by atomic mass is 10.1. The topological polar surface area (TPSA) is 57.5 Å². The molecule has 3 heteroatoms. The van der Waals surface area contributed by atoms with E-state index in [9.17, 15) is 4.79 Å².